The first-order valence-electron chi connectivity index (χ1n) is 11.2. The zero-order chi connectivity index (χ0) is 21.2. The van der Waals surface area contributed by atoms with Gasteiger partial charge in [0.25, 0.3) is 0 Å². The number of halogens is 3. The molecule has 0 aliphatic heterocycles. The number of hydrogen-bond donors (Lipinski definition) is 0. The minimum atomic E-state index is -4.91. The first-order valence-corrected chi connectivity index (χ1v) is 11.2. The second kappa shape index (κ2) is 6.98. The largest absolute Gasteiger partial charge is 0.490 e. The highest BCUT2D eigenvalue weighted by molar-refractivity contribution is 5.79. The third-order valence-electron chi connectivity index (χ3n) is 9.61. The van der Waals surface area contributed by atoms with Gasteiger partial charge in [0.05, 0.1) is 0 Å². The molecule has 1 unspecified atom stereocenters. The number of ketones is 1. The van der Waals surface area contributed by atoms with Crippen LogP contribution in [0, 0.1) is 40.4 Å². The highest BCUT2D eigenvalue weighted by Gasteiger charge is 2.61. The molecule has 0 heterocycles. The molecule has 3 nitrogen and oxygen atoms in total. The van der Waals surface area contributed by atoms with Gasteiger partial charge in [-0.05, 0) is 99.2 Å². The Morgan fingerprint density at radius 1 is 0.897 bits per heavy atom. The molecule has 164 valence electrons. The highest BCUT2D eigenvalue weighted by Crippen LogP contribution is 2.67. The third kappa shape index (κ3) is 3.33. The van der Waals surface area contributed by atoms with Gasteiger partial charge < -0.3 is 4.74 Å². The lowest BCUT2D eigenvalue weighted by Gasteiger charge is -2.61. The lowest BCUT2D eigenvalue weighted by atomic mass is 9.44. The average molecular weight is 415 g/mol. The van der Waals surface area contributed by atoms with Crippen LogP contribution in [0.25, 0.3) is 0 Å². The fourth-order valence-corrected chi connectivity index (χ4v) is 8.21. The Kier molecular flexibility index (Phi) is 5.10. The van der Waals surface area contributed by atoms with Gasteiger partial charge in [-0.25, -0.2) is 4.79 Å². The Morgan fingerprint density at radius 3 is 2.21 bits per heavy atom. The number of carbonyl (C=O) groups is 2. The standard InChI is InChI=1S/C23H33F3O3/c1-13(27)17-6-7-18-16-5-4-14-12-15(29-20(28)23(24,25)26)8-10-21(14,2)19(16)9-11-22(17,18)3/h14-19H,4-12H2,1-3H3/t14-,15-,16-,17?,18-,19-,21-,22+/m0/s1. The lowest BCUT2D eigenvalue weighted by molar-refractivity contribution is -0.210. The zero-order valence-corrected chi connectivity index (χ0v) is 17.7. The second-order valence-electron chi connectivity index (χ2n) is 10.7. The second-order valence-corrected chi connectivity index (χ2v) is 10.7. The molecule has 4 aliphatic rings. The van der Waals surface area contributed by atoms with E-state index in [1.807, 2.05) is 0 Å². The van der Waals surface area contributed by atoms with Crippen molar-refractivity contribution in [2.24, 2.45) is 40.4 Å². The number of alkyl halides is 3. The average Bonchev–Trinajstić information content (AvgIpc) is 2.98. The Morgan fingerprint density at radius 2 is 1.55 bits per heavy atom. The van der Waals surface area contributed by atoms with Crippen LogP contribution in [0.2, 0.25) is 0 Å². The normalized spacial score (nSPS) is 47.0. The third-order valence-corrected chi connectivity index (χ3v) is 9.61. The summed E-state index contributed by atoms with van der Waals surface area (Å²) in [6, 6.07) is 0. The molecule has 8 atom stereocenters. The molecular weight excluding hydrogens is 381 g/mol. The quantitative estimate of drug-likeness (QED) is 0.544. The van der Waals surface area contributed by atoms with E-state index in [1.165, 1.54) is 0 Å². The molecule has 4 rings (SSSR count). The van der Waals surface area contributed by atoms with E-state index in [4.69, 9.17) is 4.74 Å². The van der Waals surface area contributed by atoms with Crippen LogP contribution >= 0.6 is 0 Å². The van der Waals surface area contributed by atoms with E-state index in [0.717, 1.165) is 44.9 Å². The molecular formula is C23H33F3O3. The summed E-state index contributed by atoms with van der Waals surface area (Å²) in [6.07, 6.45) is 2.81. The number of fused-ring (bicyclic) bond motifs is 5. The molecule has 4 aliphatic carbocycles. The van der Waals surface area contributed by atoms with E-state index >= 15 is 0 Å². The molecule has 0 radical (unpaired) electrons. The molecule has 0 bridgehead atoms. The Bertz CT molecular complexity index is 689. The molecule has 0 aromatic heterocycles. The van der Waals surface area contributed by atoms with Crippen LogP contribution in [0.15, 0.2) is 0 Å². The van der Waals surface area contributed by atoms with Gasteiger partial charge in [-0.15, -0.1) is 0 Å². The van der Waals surface area contributed by atoms with Crippen molar-refractivity contribution in [1.29, 1.82) is 0 Å². The molecule has 4 fully saturated rings. The topological polar surface area (TPSA) is 43.4 Å². The van der Waals surface area contributed by atoms with Crippen molar-refractivity contribution in [1.82, 2.24) is 0 Å². The van der Waals surface area contributed by atoms with E-state index in [2.05, 4.69) is 13.8 Å². The summed E-state index contributed by atoms with van der Waals surface area (Å²) in [7, 11) is 0. The zero-order valence-electron chi connectivity index (χ0n) is 17.7. The number of carbonyl (C=O) groups excluding carboxylic acids is 2. The number of hydrogen-bond acceptors (Lipinski definition) is 3. The first kappa shape index (κ1) is 21.2. The Hall–Kier alpha value is -1.07. The molecule has 0 amide bonds. The summed E-state index contributed by atoms with van der Waals surface area (Å²) in [5, 5.41) is 0. The fraction of sp³-hybridized carbons (Fsp3) is 0.913. The van der Waals surface area contributed by atoms with Crippen molar-refractivity contribution in [3.63, 3.8) is 0 Å². The van der Waals surface area contributed by atoms with Gasteiger partial charge in [0.2, 0.25) is 0 Å². The summed E-state index contributed by atoms with van der Waals surface area (Å²) >= 11 is 0. The maximum atomic E-state index is 12.6. The maximum absolute atomic E-state index is 12.6. The minimum Gasteiger partial charge on any atom is -0.456 e. The van der Waals surface area contributed by atoms with Gasteiger partial charge in [0.1, 0.15) is 11.9 Å². The van der Waals surface area contributed by atoms with Crippen molar-refractivity contribution in [2.75, 3.05) is 0 Å². The van der Waals surface area contributed by atoms with Crippen molar-refractivity contribution >= 4 is 11.8 Å². The molecule has 0 spiro atoms. The monoisotopic (exact) mass is 414 g/mol. The highest BCUT2D eigenvalue weighted by atomic mass is 19.4. The van der Waals surface area contributed by atoms with Crippen LogP contribution in [0.3, 0.4) is 0 Å². The smallest absolute Gasteiger partial charge is 0.456 e. The fourth-order valence-electron chi connectivity index (χ4n) is 8.21. The number of rotatable bonds is 2. The molecule has 0 saturated heterocycles. The molecule has 0 aromatic carbocycles. The molecule has 4 saturated carbocycles. The lowest BCUT2D eigenvalue weighted by Crippen LogP contribution is -2.54. The van der Waals surface area contributed by atoms with Crippen LogP contribution in [-0.2, 0) is 14.3 Å². The van der Waals surface area contributed by atoms with E-state index in [9.17, 15) is 22.8 Å². The summed E-state index contributed by atoms with van der Waals surface area (Å²) in [5.41, 5.74) is 0.231. The van der Waals surface area contributed by atoms with Crippen LogP contribution in [0.1, 0.15) is 78.6 Å². The van der Waals surface area contributed by atoms with Gasteiger partial charge >= 0.3 is 12.1 Å². The van der Waals surface area contributed by atoms with E-state index in [1.54, 1.807) is 6.92 Å². The van der Waals surface area contributed by atoms with Crippen LogP contribution < -0.4 is 0 Å². The van der Waals surface area contributed by atoms with Crippen LogP contribution in [0.5, 0.6) is 0 Å². The van der Waals surface area contributed by atoms with Crippen molar-refractivity contribution < 1.29 is 27.5 Å². The molecule has 6 heteroatoms. The number of esters is 1. The van der Waals surface area contributed by atoms with E-state index in [-0.39, 0.29) is 16.7 Å². The van der Waals surface area contributed by atoms with Gasteiger partial charge in [0.15, 0.2) is 0 Å². The van der Waals surface area contributed by atoms with Gasteiger partial charge in [-0.2, -0.15) is 13.2 Å². The summed E-state index contributed by atoms with van der Waals surface area (Å²) in [6.45, 7) is 6.40. The first-order chi connectivity index (χ1) is 13.5. The number of Topliss-reactive ketones (excluding diaryl/α,β-unsaturated/α-hetero) is 1. The molecule has 29 heavy (non-hydrogen) atoms. The molecule has 0 N–H and O–H groups in total. The van der Waals surface area contributed by atoms with Gasteiger partial charge in [-0.1, -0.05) is 13.8 Å². The predicted octanol–water partition coefficient (Wildman–Crippen LogP) is 5.71. The van der Waals surface area contributed by atoms with Crippen molar-refractivity contribution in [2.45, 2.75) is 90.8 Å². The Balaban J connectivity index is 1.48. The Labute approximate surface area is 171 Å². The number of ether oxygens (including phenoxy) is 1. The summed E-state index contributed by atoms with van der Waals surface area (Å²) < 4.78 is 42.6. The minimum absolute atomic E-state index is 0.111. The SMILES string of the molecule is CC(=O)C1CC[C@H]2[C@@H]3CC[C@H]4C[C@@H](OC(=O)C(F)(F)F)CC[C@]4(C)[C@H]3CC[C@]12C. The summed E-state index contributed by atoms with van der Waals surface area (Å²) in [4.78, 5) is 23.5. The predicted molar refractivity (Wildman–Crippen MR) is 102 cm³/mol. The van der Waals surface area contributed by atoms with Crippen LogP contribution in [0.4, 0.5) is 13.2 Å². The van der Waals surface area contributed by atoms with Crippen molar-refractivity contribution in [3.8, 4) is 0 Å². The summed E-state index contributed by atoms with van der Waals surface area (Å²) in [5.74, 6) is 0.579. The van der Waals surface area contributed by atoms with E-state index in [0.29, 0.717) is 42.3 Å². The van der Waals surface area contributed by atoms with E-state index < -0.39 is 18.2 Å². The van der Waals surface area contributed by atoms with Gasteiger partial charge in [-0.3, -0.25) is 4.79 Å². The van der Waals surface area contributed by atoms with Crippen LogP contribution in [-0.4, -0.2) is 24.0 Å². The molecule has 0 aromatic rings. The van der Waals surface area contributed by atoms with Gasteiger partial charge in [0, 0.05) is 5.92 Å². The van der Waals surface area contributed by atoms with Crippen molar-refractivity contribution in [3.05, 3.63) is 0 Å². The maximum Gasteiger partial charge on any atom is 0.490 e.